The summed E-state index contributed by atoms with van der Waals surface area (Å²) in [7, 11) is 0. The molecule has 4 rings (SSSR count). The van der Waals surface area contributed by atoms with Crippen molar-refractivity contribution in [2.45, 2.75) is 59.8 Å². The van der Waals surface area contributed by atoms with Gasteiger partial charge in [-0.15, -0.1) is 0 Å². The molecule has 16 heavy (non-hydrogen) atoms. The molecular weight excluding hydrogens is 192 g/mol. The molecule has 0 N–H and O–H groups in total. The third kappa shape index (κ3) is 1.11. The fraction of sp³-hybridized carbons (Fsp3) is 0.750. The van der Waals surface area contributed by atoms with E-state index in [2.05, 4.69) is 33.8 Å². The van der Waals surface area contributed by atoms with Gasteiger partial charge >= 0.3 is 0 Å². The van der Waals surface area contributed by atoms with Crippen LogP contribution in [0.1, 0.15) is 59.8 Å². The van der Waals surface area contributed by atoms with Gasteiger partial charge < -0.3 is 0 Å². The van der Waals surface area contributed by atoms with Crippen molar-refractivity contribution in [1.29, 1.82) is 0 Å². The molecule has 0 aromatic rings. The van der Waals surface area contributed by atoms with Crippen molar-refractivity contribution in [2.75, 3.05) is 0 Å². The summed E-state index contributed by atoms with van der Waals surface area (Å²) >= 11 is 0. The van der Waals surface area contributed by atoms with Crippen LogP contribution in [0.15, 0.2) is 22.8 Å². The molecular formula is C16H24. The first-order valence-electron chi connectivity index (χ1n) is 6.95. The van der Waals surface area contributed by atoms with Crippen LogP contribution in [0.25, 0.3) is 0 Å². The summed E-state index contributed by atoms with van der Waals surface area (Å²) in [5.41, 5.74) is 6.24. The molecule has 1 unspecified atom stereocenters. The summed E-state index contributed by atoms with van der Waals surface area (Å²) in [5, 5.41) is 0. The lowest BCUT2D eigenvalue weighted by atomic mass is 9.52. The Balaban J connectivity index is 2.04. The van der Waals surface area contributed by atoms with E-state index in [1.165, 1.54) is 32.1 Å². The predicted octanol–water partition coefficient (Wildman–Crippen LogP) is 4.87. The van der Waals surface area contributed by atoms with Crippen LogP contribution < -0.4 is 0 Å². The van der Waals surface area contributed by atoms with E-state index < -0.39 is 0 Å². The fourth-order valence-electron chi connectivity index (χ4n) is 4.45. The quantitative estimate of drug-likeness (QED) is 0.542. The highest BCUT2D eigenvalue weighted by Crippen LogP contribution is 2.69. The topological polar surface area (TPSA) is 0 Å². The molecule has 0 heteroatoms. The smallest absolute Gasteiger partial charge is 0.0173 e. The normalized spacial score (nSPS) is 31.8. The van der Waals surface area contributed by atoms with Crippen LogP contribution in [0.4, 0.5) is 0 Å². The number of fused-ring (bicyclic) bond motifs is 1. The van der Waals surface area contributed by atoms with Crippen molar-refractivity contribution in [1.82, 2.24) is 0 Å². The second-order valence-corrected chi connectivity index (χ2v) is 7.05. The van der Waals surface area contributed by atoms with Gasteiger partial charge in [0.2, 0.25) is 0 Å². The van der Waals surface area contributed by atoms with E-state index in [0.717, 1.165) is 5.92 Å². The van der Waals surface area contributed by atoms with Gasteiger partial charge in [0, 0.05) is 5.41 Å². The Morgan fingerprint density at radius 3 is 2.19 bits per heavy atom. The van der Waals surface area contributed by atoms with Crippen molar-refractivity contribution in [2.24, 2.45) is 16.7 Å². The molecule has 2 bridgehead atoms. The molecule has 4 aliphatic carbocycles. The van der Waals surface area contributed by atoms with Crippen LogP contribution in [0.2, 0.25) is 0 Å². The van der Waals surface area contributed by atoms with Gasteiger partial charge in [-0.25, -0.2) is 0 Å². The van der Waals surface area contributed by atoms with E-state index in [1.807, 2.05) is 5.57 Å². The van der Waals surface area contributed by atoms with E-state index in [1.54, 1.807) is 11.1 Å². The van der Waals surface area contributed by atoms with Gasteiger partial charge in [-0.2, -0.15) is 0 Å². The average Bonchev–Trinajstić information content (AvgIpc) is 2.69. The lowest BCUT2D eigenvalue weighted by Crippen LogP contribution is -2.39. The average molecular weight is 216 g/mol. The Hall–Kier alpha value is -0.520. The Morgan fingerprint density at radius 1 is 1.12 bits per heavy atom. The summed E-state index contributed by atoms with van der Waals surface area (Å²) in [4.78, 5) is 0. The van der Waals surface area contributed by atoms with Crippen molar-refractivity contribution in [3.63, 3.8) is 0 Å². The third-order valence-corrected chi connectivity index (χ3v) is 4.90. The highest BCUT2D eigenvalue weighted by atomic mass is 14.6. The van der Waals surface area contributed by atoms with Crippen LogP contribution in [-0.2, 0) is 0 Å². The SMILES string of the molecule is CC1C=C2C(C(C)(C)C)=C1C21CCCCC1. The van der Waals surface area contributed by atoms with Crippen LogP contribution in [0, 0.1) is 16.7 Å². The first kappa shape index (κ1) is 10.6. The van der Waals surface area contributed by atoms with Crippen LogP contribution in [-0.4, -0.2) is 0 Å². The largest absolute Gasteiger partial charge is 0.0732 e. The molecule has 0 aliphatic heterocycles. The highest BCUT2D eigenvalue weighted by Gasteiger charge is 2.56. The van der Waals surface area contributed by atoms with E-state index in [9.17, 15) is 0 Å². The Bertz CT molecular complexity index is 381. The summed E-state index contributed by atoms with van der Waals surface area (Å²) in [6, 6.07) is 0. The summed E-state index contributed by atoms with van der Waals surface area (Å²) in [5.74, 6) is 0.738. The van der Waals surface area contributed by atoms with Crippen molar-refractivity contribution in [3.05, 3.63) is 22.8 Å². The minimum Gasteiger partial charge on any atom is -0.0732 e. The monoisotopic (exact) mass is 216 g/mol. The lowest BCUT2D eigenvalue weighted by molar-refractivity contribution is 0.247. The molecule has 0 radical (unpaired) electrons. The summed E-state index contributed by atoms with van der Waals surface area (Å²) in [6.45, 7) is 9.54. The first-order chi connectivity index (χ1) is 7.47. The highest BCUT2D eigenvalue weighted by molar-refractivity contribution is 5.66. The Morgan fingerprint density at radius 2 is 1.75 bits per heavy atom. The molecule has 1 atom stereocenters. The van der Waals surface area contributed by atoms with Crippen molar-refractivity contribution in [3.8, 4) is 0 Å². The molecule has 4 aliphatic rings. The van der Waals surface area contributed by atoms with E-state index in [4.69, 9.17) is 0 Å². The van der Waals surface area contributed by atoms with Crippen molar-refractivity contribution >= 4 is 0 Å². The van der Waals surface area contributed by atoms with E-state index in [0.29, 0.717) is 10.8 Å². The number of hydrogen-bond donors (Lipinski definition) is 0. The zero-order valence-electron chi connectivity index (χ0n) is 11.2. The summed E-state index contributed by atoms with van der Waals surface area (Å²) in [6.07, 6.45) is 9.81. The van der Waals surface area contributed by atoms with Gasteiger partial charge in [-0.3, -0.25) is 0 Å². The molecule has 88 valence electrons. The minimum absolute atomic E-state index is 0.370. The fourth-order valence-corrected chi connectivity index (χ4v) is 4.45. The maximum atomic E-state index is 2.57. The van der Waals surface area contributed by atoms with Gasteiger partial charge in [0.25, 0.3) is 0 Å². The molecule has 1 spiro atoms. The van der Waals surface area contributed by atoms with Gasteiger partial charge in [0.15, 0.2) is 0 Å². The first-order valence-corrected chi connectivity index (χ1v) is 6.95. The van der Waals surface area contributed by atoms with Crippen LogP contribution in [0.5, 0.6) is 0 Å². The number of hydrogen-bond acceptors (Lipinski definition) is 0. The third-order valence-electron chi connectivity index (χ3n) is 4.90. The molecule has 1 fully saturated rings. The number of allylic oxidation sites excluding steroid dienone is 4. The number of rotatable bonds is 0. The van der Waals surface area contributed by atoms with Crippen LogP contribution in [0.3, 0.4) is 0 Å². The van der Waals surface area contributed by atoms with Gasteiger partial charge in [-0.05, 0) is 40.9 Å². The lowest BCUT2D eigenvalue weighted by Gasteiger charge is -2.51. The molecule has 0 heterocycles. The molecule has 0 saturated heterocycles. The van der Waals surface area contributed by atoms with Gasteiger partial charge in [0.05, 0.1) is 0 Å². The predicted molar refractivity (Wildman–Crippen MR) is 69.2 cm³/mol. The maximum Gasteiger partial charge on any atom is 0.0173 e. The molecule has 0 aromatic carbocycles. The minimum atomic E-state index is 0.370. The van der Waals surface area contributed by atoms with E-state index >= 15 is 0 Å². The Kier molecular flexibility index (Phi) is 2.01. The van der Waals surface area contributed by atoms with E-state index in [-0.39, 0.29) is 0 Å². The standard InChI is InChI=1S/C16H24/c1-11-10-12-14(15(2,3)4)13(11)16(12)8-6-5-7-9-16/h10-11H,5-9H2,1-4H3. The zero-order chi connectivity index (χ0) is 11.6. The summed E-state index contributed by atoms with van der Waals surface area (Å²) < 4.78 is 0. The second-order valence-electron chi connectivity index (χ2n) is 7.05. The molecule has 0 aromatic heterocycles. The van der Waals surface area contributed by atoms with Crippen LogP contribution >= 0.6 is 0 Å². The zero-order valence-corrected chi connectivity index (χ0v) is 11.2. The molecule has 0 amide bonds. The maximum absolute atomic E-state index is 2.57. The Labute approximate surface area is 99.8 Å². The van der Waals surface area contributed by atoms with Gasteiger partial charge in [-0.1, -0.05) is 53.0 Å². The molecule has 0 nitrogen and oxygen atoms in total. The second kappa shape index (κ2) is 3.03. The van der Waals surface area contributed by atoms with Crippen molar-refractivity contribution < 1.29 is 0 Å². The van der Waals surface area contributed by atoms with Gasteiger partial charge in [0.1, 0.15) is 0 Å². The molecule has 1 saturated carbocycles.